The predicted octanol–water partition coefficient (Wildman–Crippen LogP) is 1.77. The van der Waals surface area contributed by atoms with Crippen LogP contribution in [0.2, 0.25) is 0 Å². The van der Waals surface area contributed by atoms with Gasteiger partial charge >= 0.3 is 0 Å². The van der Waals surface area contributed by atoms with Gasteiger partial charge in [-0.3, -0.25) is 13.9 Å². The van der Waals surface area contributed by atoms with Crippen molar-refractivity contribution in [1.82, 2.24) is 5.32 Å². The Bertz CT molecular complexity index is 898. The molecule has 0 heterocycles. The van der Waals surface area contributed by atoms with Gasteiger partial charge in [-0.05, 0) is 23.8 Å². The van der Waals surface area contributed by atoms with Crippen molar-refractivity contribution in [1.29, 1.82) is 0 Å². The number of rotatable bonds is 8. The highest BCUT2D eigenvalue weighted by Crippen LogP contribution is 2.21. The van der Waals surface area contributed by atoms with Crippen molar-refractivity contribution in [3.63, 3.8) is 0 Å². The smallest absolute Gasteiger partial charge is 0.232 e. The molecule has 0 saturated heterocycles. The van der Waals surface area contributed by atoms with Crippen LogP contribution in [0.5, 0.6) is 0 Å². The molecule has 7 nitrogen and oxygen atoms in total. The largest absolute Gasteiger partial charge is 0.354 e. The molecule has 0 aliphatic carbocycles. The maximum Gasteiger partial charge on any atom is 0.232 e. The minimum absolute atomic E-state index is 0.0862. The summed E-state index contributed by atoms with van der Waals surface area (Å²) in [6.07, 6.45) is 1.33. The third-order valence-electron chi connectivity index (χ3n) is 3.70. The molecule has 0 atom stereocenters. The molecule has 0 bridgehead atoms. The minimum Gasteiger partial charge on any atom is -0.354 e. The summed E-state index contributed by atoms with van der Waals surface area (Å²) >= 11 is 0. The van der Waals surface area contributed by atoms with Crippen LogP contribution in [0.3, 0.4) is 0 Å². The van der Waals surface area contributed by atoms with Gasteiger partial charge < -0.3 is 10.6 Å². The summed E-state index contributed by atoms with van der Waals surface area (Å²) in [5.41, 5.74) is 1.81. The molecule has 2 aromatic carbocycles. The molecule has 144 valence electrons. The number of anilines is 2. The molecule has 0 aromatic heterocycles. The fraction of sp³-hybridized carbons (Fsp3) is 0.263. The summed E-state index contributed by atoms with van der Waals surface area (Å²) in [4.78, 5) is 23.2. The Hall–Kier alpha value is -2.87. The minimum atomic E-state index is -3.55. The first kappa shape index (κ1) is 20.4. The van der Waals surface area contributed by atoms with Gasteiger partial charge in [-0.25, -0.2) is 8.42 Å². The van der Waals surface area contributed by atoms with Gasteiger partial charge in [0.1, 0.15) is 0 Å². The number of nitrogens with one attached hydrogen (secondary N) is 2. The first-order chi connectivity index (χ1) is 12.8. The van der Waals surface area contributed by atoms with Crippen molar-refractivity contribution in [2.45, 2.75) is 13.3 Å². The van der Waals surface area contributed by atoms with E-state index in [4.69, 9.17) is 0 Å². The number of sulfonamides is 1. The Morgan fingerprint density at radius 1 is 1.04 bits per heavy atom. The zero-order valence-corrected chi connectivity index (χ0v) is 16.1. The van der Waals surface area contributed by atoms with Crippen LogP contribution in [-0.2, 0) is 26.0 Å². The molecule has 2 aromatic rings. The number of carbonyl (C=O) groups excluding carboxylic acids is 2. The normalized spacial score (nSPS) is 10.9. The highest BCUT2D eigenvalue weighted by molar-refractivity contribution is 7.92. The van der Waals surface area contributed by atoms with E-state index in [9.17, 15) is 18.0 Å². The number of carbonyl (C=O) groups is 2. The number of benzene rings is 2. The molecule has 0 aliphatic heterocycles. The van der Waals surface area contributed by atoms with Crippen LogP contribution in [0, 0.1) is 0 Å². The van der Waals surface area contributed by atoms with Crippen LogP contribution in [0.25, 0.3) is 0 Å². The van der Waals surface area contributed by atoms with E-state index in [1.54, 1.807) is 24.3 Å². The molecule has 2 rings (SSSR count). The third-order valence-corrected chi connectivity index (χ3v) is 4.89. The molecule has 0 saturated carbocycles. The van der Waals surface area contributed by atoms with Gasteiger partial charge in [0.15, 0.2) is 0 Å². The SMILES string of the molecule is CC(=O)Nc1cccc(N(CCNC(=O)Cc2ccccc2)S(C)(=O)=O)c1. The second kappa shape index (κ2) is 9.18. The zero-order valence-electron chi connectivity index (χ0n) is 15.3. The molecule has 0 radical (unpaired) electrons. The fourth-order valence-electron chi connectivity index (χ4n) is 2.57. The maximum atomic E-state index is 12.2. The number of hydrogen-bond acceptors (Lipinski definition) is 4. The van der Waals surface area contributed by atoms with E-state index < -0.39 is 10.0 Å². The number of nitrogens with zero attached hydrogens (tertiary/aromatic N) is 1. The number of amides is 2. The van der Waals surface area contributed by atoms with Crippen molar-refractivity contribution in [3.8, 4) is 0 Å². The van der Waals surface area contributed by atoms with Gasteiger partial charge in [-0.1, -0.05) is 36.4 Å². The lowest BCUT2D eigenvalue weighted by molar-refractivity contribution is -0.120. The lowest BCUT2D eigenvalue weighted by atomic mass is 10.1. The van der Waals surface area contributed by atoms with E-state index in [0.29, 0.717) is 11.4 Å². The van der Waals surface area contributed by atoms with Crippen LogP contribution >= 0.6 is 0 Å². The summed E-state index contributed by atoms with van der Waals surface area (Å²) in [5, 5.41) is 5.36. The van der Waals surface area contributed by atoms with Crippen molar-refractivity contribution in [2.75, 3.05) is 29.0 Å². The Morgan fingerprint density at radius 2 is 1.74 bits per heavy atom. The highest BCUT2D eigenvalue weighted by Gasteiger charge is 2.18. The van der Waals surface area contributed by atoms with Crippen LogP contribution in [0.4, 0.5) is 11.4 Å². The Kier molecular flexibility index (Phi) is 6.95. The van der Waals surface area contributed by atoms with Crippen LogP contribution in [-0.4, -0.2) is 39.6 Å². The van der Waals surface area contributed by atoms with Crippen molar-refractivity contribution in [2.24, 2.45) is 0 Å². The van der Waals surface area contributed by atoms with Crippen LogP contribution in [0.15, 0.2) is 54.6 Å². The molecule has 8 heteroatoms. The van der Waals surface area contributed by atoms with Gasteiger partial charge in [-0.2, -0.15) is 0 Å². The lowest BCUT2D eigenvalue weighted by Gasteiger charge is -2.23. The molecule has 0 aliphatic rings. The molecular weight excluding hydrogens is 366 g/mol. The average Bonchev–Trinajstić information content (AvgIpc) is 2.58. The van der Waals surface area contributed by atoms with E-state index >= 15 is 0 Å². The average molecular weight is 389 g/mol. The quantitative estimate of drug-likeness (QED) is 0.719. The topological polar surface area (TPSA) is 95.6 Å². The van der Waals surface area contributed by atoms with Gasteiger partial charge in [0.25, 0.3) is 0 Å². The molecule has 2 N–H and O–H groups in total. The van der Waals surface area contributed by atoms with E-state index in [0.717, 1.165) is 11.8 Å². The van der Waals surface area contributed by atoms with Gasteiger partial charge in [0.2, 0.25) is 21.8 Å². The van der Waals surface area contributed by atoms with Gasteiger partial charge in [0, 0.05) is 19.2 Å². The third kappa shape index (κ3) is 6.74. The summed E-state index contributed by atoms with van der Waals surface area (Å²) in [6, 6.07) is 15.9. The second-order valence-corrected chi connectivity index (χ2v) is 7.99. The van der Waals surface area contributed by atoms with Crippen molar-refractivity contribution in [3.05, 3.63) is 60.2 Å². The Balaban J connectivity index is 2.01. The van der Waals surface area contributed by atoms with Gasteiger partial charge in [-0.15, -0.1) is 0 Å². The molecular formula is C19H23N3O4S. The van der Waals surface area contributed by atoms with Gasteiger partial charge in [0.05, 0.1) is 24.9 Å². The van der Waals surface area contributed by atoms with E-state index in [-0.39, 0.29) is 31.3 Å². The first-order valence-corrected chi connectivity index (χ1v) is 10.3. The molecule has 0 fully saturated rings. The highest BCUT2D eigenvalue weighted by atomic mass is 32.2. The standard InChI is InChI=1S/C19H23N3O4S/c1-15(23)21-17-9-6-10-18(14-17)22(27(2,25)26)12-11-20-19(24)13-16-7-4-3-5-8-16/h3-10,14H,11-13H2,1-2H3,(H,20,24)(H,21,23). The van der Waals surface area contributed by atoms with Crippen LogP contribution in [0.1, 0.15) is 12.5 Å². The monoisotopic (exact) mass is 389 g/mol. The Labute approximate surface area is 159 Å². The zero-order chi connectivity index (χ0) is 19.9. The second-order valence-electron chi connectivity index (χ2n) is 6.08. The van der Waals surface area contributed by atoms with Crippen molar-refractivity contribution >= 4 is 33.2 Å². The van der Waals surface area contributed by atoms with E-state index in [2.05, 4.69) is 10.6 Å². The lowest BCUT2D eigenvalue weighted by Crippen LogP contribution is -2.38. The van der Waals surface area contributed by atoms with Crippen LogP contribution < -0.4 is 14.9 Å². The fourth-order valence-corrected chi connectivity index (χ4v) is 3.49. The summed E-state index contributed by atoms with van der Waals surface area (Å²) in [7, 11) is -3.55. The molecule has 0 spiro atoms. The van der Waals surface area contributed by atoms with E-state index in [1.807, 2.05) is 30.3 Å². The maximum absolute atomic E-state index is 12.2. The Morgan fingerprint density at radius 3 is 2.37 bits per heavy atom. The van der Waals surface area contributed by atoms with E-state index in [1.165, 1.54) is 11.2 Å². The summed E-state index contributed by atoms with van der Waals surface area (Å²) in [6.45, 7) is 1.63. The van der Waals surface area contributed by atoms with Crippen molar-refractivity contribution < 1.29 is 18.0 Å². The molecule has 27 heavy (non-hydrogen) atoms. The first-order valence-electron chi connectivity index (χ1n) is 8.41. The number of hydrogen-bond donors (Lipinski definition) is 2. The summed E-state index contributed by atoms with van der Waals surface area (Å²) in [5.74, 6) is -0.423. The summed E-state index contributed by atoms with van der Waals surface area (Å²) < 4.78 is 25.5. The molecule has 0 unspecified atom stereocenters. The predicted molar refractivity (Wildman–Crippen MR) is 106 cm³/mol. The molecule has 2 amide bonds.